The summed E-state index contributed by atoms with van der Waals surface area (Å²) in [6, 6.07) is 12.3. The van der Waals surface area contributed by atoms with Gasteiger partial charge in [-0.3, -0.25) is 0 Å². The van der Waals surface area contributed by atoms with Crippen molar-refractivity contribution < 1.29 is 14.3 Å². The fourth-order valence-electron chi connectivity index (χ4n) is 6.05. The van der Waals surface area contributed by atoms with Crippen molar-refractivity contribution in [1.82, 2.24) is 39.3 Å². The Hall–Kier alpha value is -5.30. The molecule has 0 radical (unpaired) electrons. The van der Waals surface area contributed by atoms with E-state index < -0.39 is 5.60 Å². The molecule has 5 aromatic rings. The second kappa shape index (κ2) is 12.4. The zero-order chi connectivity index (χ0) is 33.6. The van der Waals surface area contributed by atoms with Crippen LogP contribution >= 0.6 is 0 Å². The van der Waals surface area contributed by atoms with Crippen molar-refractivity contribution in [3.63, 3.8) is 0 Å². The number of carbonyl (C=O) groups excluding carboxylic acids is 1. The maximum Gasteiger partial charge on any atom is 0.410 e. The van der Waals surface area contributed by atoms with Crippen LogP contribution < -0.4 is 15.0 Å². The standard InChI is InChI=1S/C35H40N10O3/c1-22-15-24(7-10-28(22)47-30-16-29-37-20-40-45(29)21-39-30)41-33-31-27(36-19-38-33)9-8-26(32(31)44-17-25(18-44)42(5)6)23-11-13-43(14-12-23)34(46)48-35(2,3)4/h7-11,15-16,19-21,25H,12-14,17-18H2,1-6H3,(H,36,38,41). The van der Waals surface area contributed by atoms with Crippen LogP contribution in [0, 0.1) is 6.92 Å². The number of hydrogen-bond acceptors (Lipinski definition) is 11. The van der Waals surface area contributed by atoms with Crippen molar-refractivity contribution in [2.75, 3.05) is 50.5 Å². The predicted molar refractivity (Wildman–Crippen MR) is 185 cm³/mol. The van der Waals surface area contributed by atoms with Gasteiger partial charge in [-0.05, 0) is 83.6 Å². The molecule has 0 saturated carbocycles. The Kier molecular flexibility index (Phi) is 8.07. The zero-order valence-corrected chi connectivity index (χ0v) is 28.1. The lowest BCUT2D eigenvalue weighted by Crippen LogP contribution is -2.57. The van der Waals surface area contributed by atoms with Gasteiger partial charge in [-0.15, -0.1) is 0 Å². The SMILES string of the molecule is Cc1cc(Nc2ncnc3ccc(C4=CCN(C(=O)OC(C)(C)C)CC4)c(N4CC(N(C)C)C4)c23)ccc1Oc1cc2ncnn2cn1. The predicted octanol–water partition coefficient (Wildman–Crippen LogP) is 5.69. The molecule has 1 saturated heterocycles. The van der Waals surface area contributed by atoms with Crippen LogP contribution in [0.3, 0.4) is 0 Å². The molecule has 13 heteroatoms. The van der Waals surface area contributed by atoms with Crippen molar-refractivity contribution in [3.8, 4) is 11.6 Å². The molecule has 0 aliphatic carbocycles. The van der Waals surface area contributed by atoms with Gasteiger partial charge < -0.3 is 29.5 Å². The Morgan fingerprint density at radius 1 is 1.02 bits per heavy atom. The first-order valence-electron chi connectivity index (χ1n) is 16.1. The van der Waals surface area contributed by atoms with Gasteiger partial charge >= 0.3 is 6.09 Å². The number of fused-ring (bicyclic) bond motifs is 2. The topological polar surface area (TPSA) is 126 Å². The van der Waals surface area contributed by atoms with Gasteiger partial charge in [-0.1, -0.05) is 12.1 Å². The largest absolute Gasteiger partial charge is 0.444 e. The first-order chi connectivity index (χ1) is 23.0. The molecule has 2 aliphatic heterocycles. The maximum atomic E-state index is 12.8. The number of amides is 1. The molecule has 1 fully saturated rings. The van der Waals surface area contributed by atoms with Crippen molar-refractivity contribution in [3.05, 3.63) is 72.6 Å². The van der Waals surface area contributed by atoms with Gasteiger partial charge in [0.25, 0.3) is 0 Å². The van der Waals surface area contributed by atoms with E-state index in [1.165, 1.54) is 11.9 Å². The third-order valence-corrected chi connectivity index (χ3v) is 8.69. The Morgan fingerprint density at radius 2 is 1.85 bits per heavy atom. The highest BCUT2D eigenvalue weighted by atomic mass is 16.6. The number of hydrogen-bond donors (Lipinski definition) is 1. The van der Waals surface area contributed by atoms with E-state index in [0.29, 0.717) is 36.4 Å². The van der Waals surface area contributed by atoms with E-state index in [0.717, 1.165) is 58.7 Å². The van der Waals surface area contributed by atoms with Crippen LogP contribution in [0.15, 0.2) is 61.5 Å². The summed E-state index contributed by atoms with van der Waals surface area (Å²) in [6.07, 6.45) is 7.24. The average Bonchev–Trinajstić information content (AvgIpc) is 3.49. The molecule has 5 heterocycles. The summed E-state index contributed by atoms with van der Waals surface area (Å²) < 4.78 is 13.3. The Morgan fingerprint density at radius 3 is 2.58 bits per heavy atom. The molecule has 1 amide bonds. The lowest BCUT2D eigenvalue weighted by atomic mass is 9.93. The summed E-state index contributed by atoms with van der Waals surface area (Å²) in [7, 11) is 4.24. The Bertz CT molecular complexity index is 2030. The molecule has 248 valence electrons. The number of aryl methyl sites for hydroxylation is 1. The molecule has 0 atom stereocenters. The first-order valence-corrected chi connectivity index (χ1v) is 16.1. The smallest absolute Gasteiger partial charge is 0.410 e. The fourth-order valence-corrected chi connectivity index (χ4v) is 6.05. The number of carbonyl (C=O) groups is 1. The quantitative estimate of drug-likeness (QED) is 0.234. The Labute approximate surface area is 279 Å². The van der Waals surface area contributed by atoms with Crippen LogP contribution in [-0.2, 0) is 4.74 Å². The highest BCUT2D eigenvalue weighted by Crippen LogP contribution is 2.42. The minimum atomic E-state index is -0.535. The molecule has 1 N–H and O–H groups in total. The summed E-state index contributed by atoms with van der Waals surface area (Å²) in [4.78, 5) is 37.2. The molecule has 2 aliphatic rings. The van der Waals surface area contributed by atoms with E-state index >= 15 is 0 Å². The van der Waals surface area contributed by atoms with Crippen molar-refractivity contribution in [2.24, 2.45) is 0 Å². The number of nitrogens with zero attached hydrogens (tertiary/aromatic N) is 9. The van der Waals surface area contributed by atoms with Crippen LogP contribution in [0.2, 0.25) is 0 Å². The van der Waals surface area contributed by atoms with Gasteiger partial charge in [-0.25, -0.2) is 29.2 Å². The molecule has 3 aromatic heterocycles. The molecule has 0 spiro atoms. The molecule has 2 aromatic carbocycles. The number of likely N-dealkylation sites (N-methyl/N-ethyl adjacent to an activating group) is 1. The Balaban J connectivity index is 1.20. The summed E-state index contributed by atoms with van der Waals surface area (Å²) >= 11 is 0. The normalized spacial score (nSPS) is 15.5. The van der Waals surface area contributed by atoms with Crippen LogP contribution in [0.1, 0.15) is 38.3 Å². The van der Waals surface area contributed by atoms with Gasteiger partial charge in [0.1, 0.15) is 36.2 Å². The molecule has 0 bridgehead atoms. The summed E-state index contributed by atoms with van der Waals surface area (Å²) in [5.41, 5.74) is 6.23. The first kappa shape index (κ1) is 31.3. The zero-order valence-electron chi connectivity index (χ0n) is 28.1. The maximum absolute atomic E-state index is 12.8. The van der Waals surface area contributed by atoms with Gasteiger partial charge in [-0.2, -0.15) is 5.10 Å². The second-order valence-corrected chi connectivity index (χ2v) is 13.5. The van der Waals surface area contributed by atoms with Crippen LogP contribution in [0.25, 0.3) is 22.1 Å². The highest BCUT2D eigenvalue weighted by Gasteiger charge is 2.33. The number of anilines is 3. The van der Waals surface area contributed by atoms with E-state index in [4.69, 9.17) is 14.5 Å². The molecular formula is C35H40N10O3. The van der Waals surface area contributed by atoms with Crippen LogP contribution in [0.4, 0.5) is 22.0 Å². The second-order valence-electron chi connectivity index (χ2n) is 13.5. The van der Waals surface area contributed by atoms with Gasteiger partial charge in [0.2, 0.25) is 5.88 Å². The number of ether oxygens (including phenoxy) is 2. The van der Waals surface area contributed by atoms with Crippen LogP contribution in [0.5, 0.6) is 11.6 Å². The summed E-state index contributed by atoms with van der Waals surface area (Å²) in [5.74, 6) is 1.85. The third kappa shape index (κ3) is 6.33. The minimum absolute atomic E-state index is 0.285. The minimum Gasteiger partial charge on any atom is -0.444 e. The molecule has 13 nitrogen and oxygen atoms in total. The van der Waals surface area contributed by atoms with Crippen molar-refractivity contribution >= 4 is 45.4 Å². The van der Waals surface area contributed by atoms with Gasteiger partial charge in [0, 0.05) is 49.5 Å². The summed E-state index contributed by atoms with van der Waals surface area (Å²) in [5, 5.41) is 8.63. The lowest BCUT2D eigenvalue weighted by molar-refractivity contribution is 0.0270. The monoisotopic (exact) mass is 648 g/mol. The van der Waals surface area contributed by atoms with Crippen molar-refractivity contribution in [1.29, 1.82) is 0 Å². The van der Waals surface area contributed by atoms with Crippen molar-refractivity contribution in [2.45, 2.75) is 45.8 Å². The molecule has 7 rings (SSSR count). The van der Waals surface area contributed by atoms with Gasteiger partial charge in [0.05, 0.1) is 16.6 Å². The number of rotatable bonds is 7. The van der Waals surface area contributed by atoms with E-state index in [-0.39, 0.29) is 6.09 Å². The highest BCUT2D eigenvalue weighted by molar-refractivity contribution is 6.05. The fraction of sp³-hybridized carbons (Fsp3) is 0.371. The molecule has 48 heavy (non-hydrogen) atoms. The van der Waals surface area contributed by atoms with Crippen LogP contribution in [-0.4, -0.2) is 97.4 Å². The van der Waals surface area contributed by atoms with E-state index in [2.05, 4.69) is 67.5 Å². The number of nitrogens with one attached hydrogen (secondary N) is 1. The molecule has 0 unspecified atom stereocenters. The van der Waals surface area contributed by atoms with E-state index in [1.54, 1.807) is 28.1 Å². The van der Waals surface area contributed by atoms with E-state index in [1.807, 2.05) is 45.9 Å². The number of aromatic nitrogens is 6. The van der Waals surface area contributed by atoms with E-state index in [9.17, 15) is 4.79 Å². The average molecular weight is 649 g/mol. The third-order valence-electron chi connectivity index (χ3n) is 8.69. The molecular weight excluding hydrogens is 608 g/mol. The number of benzene rings is 2. The van der Waals surface area contributed by atoms with Gasteiger partial charge in [0.15, 0.2) is 5.65 Å². The lowest BCUT2D eigenvalue weighted by Gasteiger charge is -2.45. The summed E-state index contributed by atoms with van der Waals surface area (Å²) in [6.45, 7) is 10.5.